The molecule has 2 heterocycles. The van der Waals surface area contributed by atoms with Crippen LogP contribution in [0.25, 0.3) is 5.69 Å². The Morgan fingerprint density at radius 2 is 1.82 bits per heavy atom. The lowest BCUT2D eigenvalue weighted by Gasteiger charge is -2.09. The molecule has 28 heavy (non-hydrogen) atoms. The second kappa shape index (κ2) is 8.75. The molecule has 0 fully saturated rings. The highest BCUT2D eigenvalue weighted by molar-refractivity contribution is 7.99. The number of aromatic nitrogens is 4. The van der Waals surface area contributed by atoms with Crippen LogP contribution in [0.4, 0.5) is 0 Å². The Kier molecular flexibility index (Phi) is 6.36. The Morgan fingerprint density at radius 1 is 1.11 bits per heavy atom. The highest BCUT2D eigenvalue weighted by Crippen LogP contribution is 2.24. The lowest BCUT2D eigenvalue weighted by Crippen LogP contribution is -2.10. The maximum atomic E-state index is 12.9. The first-order valence-electron chi connectivity index (χ1n) is 9.23. The van der Waals surface area contributed by atoms with E-state index in [2.05, 4.69) is 33.8 Å². The first kappa shape index (κ1) is 20.4. The minimum atomic E-state index is 0.0953. The molecule has 0 aliphatic rings. The predicted molar refractivity (Wildman–Crippen MR) is 112 cm³/mol. The number of nitrogens with zero attached hydrogens (tertiary/aromatic N) is 4. The number of Topliss-reactive ketones (excluding diaryl/α,β-unsaturated/α-hetero) is 1. The fourth-order valence-corrected chi connectivity index (χ4v) is 4.13. The molecule has 0 saturated carbocycles. The van der Waals surface area contributed by atoms with E-state index in [-0.39, 0.29) is 5.78 Å². The number of hydrogen-bond acceptors (Lipinski definition) is 5. The summed E-state index contributed by atoms with van der Waals surface area (Å²) in [7, 11) is 1.68. The van der Waals surface area contributed by atoms with E-state index in [0.717, 1.165) is 40.2 Å². The predicted octanol–water partition coefficient (Wildman–Crippen LogP) is 3.92. The first-order chi connectivity index (χ1) is 13.4. The van der Waals surface area contributed by atoms with Crippen molar-refractivity contribution in [1.29, 1.82) is 0 Å². The number of carbonyl (C=O) groups is 1. The van der Waals surface area contributed by atoms with E-state index in [1.54, 1.807) is 7.11 Å². The van der Waals surface area contributed by atoms with Crippen molar-refractivity contribution in [2.24, 2.45) is 0 Å². The van der Waals surface area contributed by atoms with Gasteiger partial charge in [-0.05, 0) is 45.9 Å². The lowest BCUT2D eigenvalue weighted by molar-refractivity contribution is 0.102. The van der Waals surface area contributed by atoms with Crippen molar-refractivity contribution in [3.63, 3.8) is 0 Å². The number of methoxy groups -OCH3 is 1. The second-order valence-corrected chi connectivity index (χ2v) is 7.78. The molecule has 2 aromatic heterocycles. The van der Waals surface area contributed by atoms with Crippen molar-refractivity contribution in [3.8, 4) is 5.69 Å². The normalized spacial score (nSPS) is 11.2. The molecule has 0 spiro atoms. The van der Waals surface area contributed by atoms with Crippen LogP contribution in [0.15, 0.2) is 35.5 Å². The number of benzene rings is 1. The molecule has 0 amide bonds. The third-order valence-corrected chi connectivity index (χ3v) is 5.74. The summed E-state index contributed by atoms with van der Waals surface area (Å²) in [6, 6.07) is 10.2. The van der Waals surface area contributed by atoms with Crippen LogP contribution in [0.5, 0.6) is 0 Å². The Labute approximate surface area is 169 Å². The SMILES string of the molecule is COCCn1c(C)cc(C(=O)CSc2nnc(C)n2-c2ccc(C)cc2)c1C. The number of thioether (sulfide) groups is 1. The van der Waals surface area contributed by atoms with Crippen LogP contribution in [0, 0.1) is 27.7 Å². The van der Waals surface area contributed by atoms with Crippen LogP contribution in [0.1, 0.15) is 33.1 Å². The van der Waals surface area contributed by atoms with Gasteiger partial charge in [0.2, 0.25) is 0 Å². The number of rotatable bonds is 8. The summed E-state index contributed by atoms with van der Waals surface area (Å²) >= 11 is 1.42. The fourth-order valence-electron chi connectivity index (χ4n) is 3.25. The number of carbonyl (C=O) groups excluding carboxylic acids is 1. The summed E-state index contributed by atoms with van der Waals surface area (Å²) in [5.74, 6) is 1.22. The summed E-state index contributed by atoms with van der Waals surface area (Å²) in [5.41, 5.74) is 5.01. The largest absolute Gasteiger partial charge is 0.383 e. The molecule has 0 aliphatic carbocycles. The smallest absolute Gasteiger partial charge is 0.196 e. The molecule has 3 aromatic rings. The van der Waals surface area contributed by atoms with Gasteiger partial charge in [0.05, 0.1) is 12.4 Å². The summed E-state index contributed by atoms with van der Waals surface area (Å²) in [6.07, 6.45) is 0. The molecule has 0 aliphatic heterocycles. The van der Waals surface area contributed by atoms with Crippen LogP contribution in [-0.2, 0) is 11.3 Å². The number of hydrogen-bond donors (Lipinski definition) is 0. The van der Waals surface area contributed by atoms with Crippen LogP contribution >= 0.6 is 11.8 Å². The second-order valence-electron chi connectivity index (χ2n) is 6.84. The van der Waals surface area contributed by atoms with Gasteiger partial charge in [-0.1, -0.05) is 29.5 Å². The van der Waals surface area contributed by atoms with E-state index in [0.29, 0.717) is 12.4 Å². The Hall–Kier alpha value is -2.38. The third-order valence-electron chi connectivity index (χ3n) is 4.81. The Bertz CT molecular complexity index is 973. The average molecular weight is 399 g/mol. The molecule has 7 heteroatoms. The van der Waals surface area contributed by atoms with Gasteiger partial charge in [0.15, 0.2) is 10.9 Å². The molecule has 0 bridgehead atoms. The van der Waals surface area contributed by atoms with Crippen molar-refractivity contribution < 1.29 is 9.53 Å². The van der Waals surface area contributed by atoms with Gasteiger partial charge in [0.25, 0.3) is 0 Å². The van der Waals surface area contributed by atoms with Gasteiger partial charge in [-0.3, -0.25) is 9.36 Å². The highest BCUT2D eigenvalue weighted by atomic mass is 32.2. The monoisotopic (exact) mass is 398 g/mol. The number of ketones is 1. The van der Waals surface area contributed by atoms with Gasteiger partial charge in [-0.25, -0.2) is 0 Å². The van der Waals surface area contributed by atoms with E-state index in [1.807, 2.05) is 43.5 Å². The van der Waals surface area contributed by atoms with Gasteiger partial charge in [-0.2, -0.15) is 0 Å². The summed E-state index contributed by atoms with van der Waals surface area (Å²) in [5, 5.41) is 9.19. The topological polar surface area (TPSA) is 61.9 Å². The quantitative estimate of drug-likeness (QED) is 0.425. The standard InChI is InChI=1S/C21H26N4O2S/c1-14-6-8-18(9-7-14)25-17(4)22-23-21(25)28-13-20(26)19-12-15(2)24(16(19)3)10-11-27-5/h6-9,12H,10-11,13H2,1-5H3. The zero-order valence-corrected chi connectivity index (χ0v) is 17.8. The van der Waals surface area contributed by atoms with Gasteiger partial charge < -0.3 is 9.30 Å². The molecule has 0 saturated heterocycles. The van der Waals surface area contributed by atoms with E-state index in [9.17, 15) is 4.79 Å². The fraction of sp³-hybridized carbons (Fsp3) is 0.381. The highest BCUT2D eigenvalue weighted by Gasteiger charge is 2.18. The molecule has 0 atom stereocenters. The zero-order chi connectivity index (χ0) is 20.3. The van der Waals surface area contributed by atoms with Crippen LogP contribution < -0.4 is 0 Å². The van der Waals surface area contributed by atoms with Gasteiger partial charge in [-0.15, -0.1) is 10.2 Å². The summed E-state index contributed by atoms with van der Waals surface area (Å²) in [6.45, 7) is 9.35. The minimum absolute atomic E-state index is 0.0953. The molecule has 0 radical (unpaired) electrons. The molecular formula is C21H26N4O2S. The van der Waals surface area contributed by atoms with Crippen molar-refractivity contribution in [3.05, 3.63) is 58.7 Å². The maximum Gasteiger partial charge on any atom is 0.196 e. The third kappa shape index (κ3) is 4.20. The van der Waals surface area contributed by atoms with E-state index < -0.39 is 0 Å². The molecule has 6 nitrogen and oxygen atoms in total. The molecule has 0 unspecified atom stereocenters. The van der Waals surface area contributed by atoms with Gasteiger partial charge >= 0.3 is 0 Å². The van der Waals surface area contributed by atoms with E-state index in [4.69, 9.17) is 4.74 Å². The Balaban J connectivity index is 1.77. The minimum Gasteiger partial charge on any atom is -0.383 e. The van der Waals surface area contributed by atoms with Crippen molar-refractivity contribution in [2.75, 3.05) is 19.5 Å². The van der Waals surface area contributed by atoms with Crippen molar-refractivity contribution in [1.82, 2.24) is 19.3 Å². The molecule has 148 valence electrons. The number of aryl methyl sites for hydroxylation is 3. The number of ether oxygens (including phenoxy) is 1. The van der Waals surface area contributed by atoms with E-state index >= 15 is 0 Å². The maximum absolute atomic E-state index is 12.9. The first-order valence-corrected chi connectivity index (χ1v) is 10.2. The molecular weight excluding hydrogens is 372 g/mol. The molecule has 3 rings (SSSR count). The van der Waals surface area contributed by atoms with Crippen LogP contribution in [-0.4, -0.2) is 44.6 Å². The van der Waals surface area contributed by atoms with Gasteiger partial charge in [0.1, 0.15) is 5.82 Å². The zero-order valence-electron chi connectivity index (χ0n) is 17.0. The van der Waals surface area contributed by atoms with Gasteiger partial charge in [0, 0.05) is 36.3 Å². The molecule has 0 N–H and O–H groups in total. The summed E-state index contributed by atoms with van der Waals surface area (Å²) in [4.78, 5) is 12.9. The Morgan fingerprint density at radius 3 is 2.50 bits per heavy atom. The molecule has 1 aromatic carbocycles. The lowest BCUT2D eigenvalue weighted by atomic mass is 10.2. The van der Waals surface area contributed by atoms with Crippen molar-refractivity contribution >= 4 is 17.5 Å². The average Bonchev–Trinajstić information content (AvgIpc) is 3.18. The van der Waals surface area contributed by atoms with Crippen LogP contribution in [0.3, 0.4) is 0 Å². The van der Waals surface area contributed by atoms with Crippen molar-refractivity contribution in [2.45, 2.75) is 39.4 Å². The summed E-state index contributed by atoms with van der Waals surface area (Å²) < 4.78 is 9.28. The van der Waals surface area contributed by atoms with E-state index in [1.165, 1.54) is 17.3 Å². The van der Waals surface area contributed by atoms with Crippen LogP contribution in [0.2, 0.25) is 0 Å².